The Hall–Kier alpha value is -2.74. The number of hydrogen-bond acceptors (Lipinski definition) is 5. The smallest absolute Gasteiger partial charge is 0.314 e. The Morgan fingerprint density at radius 1 is 1.21 bits per heavy atom. The van der Waals surface area contributed by atoms with Crippen LogP contribution in [0.5, 0.6) is 5.75 Å². The monoisotopic (exact) mass is 409 g/mol. The van der Waals surface area contributed by atoms with Crippen LogP contribution < -0.4 is 10.3 Å². The van der Waals surface area contributed by atoms with E-state index in [0.717, 1.165) is 6.42 Å². The zero-order chi connectivity index (χ0) is 20.4. The van der Waals surface area contributed by atoms with Gasteiger partial charge in [0.2, 0.25) is 5.89 Å². The van der Waals surface area contributed by atoms with Crippen LogP contribution in [0.1, 0.15) is 38.6 Å². The van der Waals surface area contributed by atoms with Crippen LogP contribution >= 0.6 is 11.6 Å². The van der Waals surface area contributed by atoms with Gasteiger partial charge in [0.1, 0.15) is 5.75 Å². The summed E-state index contributed by atoms with van der Waals surface area (Å²) in [6.07, 6.45) is -0.496. The molecule has 0 aliphatic heterocycles. The topological polar surface area (TPSA) is 70.2 Å². The van der Waals surface area contributed by atoms with Gasteiger partial charge in [-0.15, -0.1) is 10.2 Å². The van der Waals surface area contributed by atoms with E-state index in [4.69, 9.17) is 20.8 Å². The fourth-order valence-corrected chi connectivity index (χ4v) is 2.97. The summed E-state index contributed by atoms with van der Waals surface area (Å²) in [4.78, 5) is 12.6. The number of benzene rings is 1. The summed E-state index contributed by atoms with van der Waals surface area (Å²) < 4.78 is 37.8. The Bertz CT molecular complexity index is 1050. The third kappa shape index (κ3) is 3.77. The molecule has 9 heteroatoms. The highest BCUT2D eigenvalue weighted by Crippen LogP contribution is 2.38. The van der Waals surface area contributed by atoms with Crippen molar-refractivity contribution >= 4 is 11.6 Å². The normalized spacial score (nSPS) is 12.4. The Kier molecular flexibility index (Phi) is 5.79. The molecule has 0 aliphatic carbocycles. The predicted molar refractivity (Wildman–Crippen MR) is 101 cm³/mol. The molecule has 2 aromatic heterocycles. The minimum Gasteiger partial charge on any atom is -0.495 e. The largest absolute Gasteiger partial charge is 0.495 e. The quantitative estimate of drug-likeness (QED) is 0.564. The Labute approximate surface area is 164 Å². The van der Waals surface area contributed by atoms with Gasteiger partial charge < -0.3 is 13.7 Å². The molecule has 1 aromatic carbocycles. The van der Waals surface area contributed by atoms with E-state index >= 15 is 0 Å². The molecule has 0 aliphatic rings. The van der Waals surface area contributed by atoms with Crippen LogP contribution in [0.25, 0.3) is 22.6 Å². The van der Waals surface area contributed by atoms with Gasteiger partial charge in [-0.25, -0.2) is 0 Å². The van der Waals surface area contributed by atoms with Crippen molar-refractivity contribution in [2.75, 3.05) is 7.11 Å². The zero-order valence-corrected chi connectivity index (χ0v) is 16.2. The molecule has 0 bridgehead atoms. The van der Waals surface area contributed by atoms with Gasteiger partial charge in [-0.3, -0.25) is 4.79 Å². The average Bonchev–Trinajstić information content (AvgIpc) is 3.17. The fourth-order valence-electron chi connectivity index (χ4n) is 2.80. The minimum atomic E-state index is -2.88. The molecule has 0 saturated heterocycles. The highest BCUT2D eigenvalue weighted by atomic mass is 35.5. The number of hydrogen-bond donors (Lipinski definition) is 0. The minimum absolute atomic E-state index is 0.0150. The number of pyridine rings is 1. The standard InChI is InChI=1S/C19H18ClF2N3O3/c1-4-10(2)25-9-15(27-3)14(8-16(25)26)13-7-11(20)5-6-12(13)18-23-24-19(28-18)17(21)22/h5-10,17H,4H2,1-3H3. The maximum absolute atomic E-state index is 12.8. The lowest BCUT2D eigenvalue weighted by molar-refractivity contribution is 0.116. The van der Waals surface area contributed by atoms with Gasteiger partial charge in [-0.05, 0) is 37.1 Å². The van der Waals surface area contributed by atoms with Gasteiger partial charge in [0, 0.05) is 28.3 Å². The van der Waals surface area contributed by atoms with E-state index < -0.39 is 12.3 Å². The number of aromatic nitrogens is 3. The Morgan fingerprint density at radius 3 is 2.57 bits per heavy atom. The SMILES string of the molecule is CCC(C)n1cc(OC)c(-c2cc(Cl)ccc2-c2nnc(C(F)F)o2)cc1=O. The molecule has 0 radical (unpaired) electrons. The third-order valence-corrected chi connectivity index (χ3v) is 4.69. The predicted octanol–water partition coefficient (Wildman–Crippen LogP) is 5.14. The lowest BCUT2D eigenvalue weighted by Gasteiger charge is -2.17. The van der Waals surface area contributed by atoms with Crippen LogP contribution in [0.3, 0.4) is 0 Å². The number of halogens is 3. The summed E-state index contributed by atoms with van der Waals surface area (Å²) >= 11 is 6.14. The van der Waals surface area contributed by atoms with Crippen molar-refractivity contribution in [3.05, 3.63) is 51.7 Å². The molecule has 1 atom stereocenters. The fraction of sp³-hybridized carbons (Fsp3) is 0.316. The molecule has 6 nitrogen and oxygen atoms in total. The van der Waals surface area contributed by atoms with Gasteiger partial charge in [-0.2, -0.15) is 8.78 Å². The van der Waals surface area contributed by atoms with Crippen LogP contribution in [-0.2, 0) is 0 Å². The van der Waals surface area contributed by atoms with Crippen molar-refractivity contribution in [1.29, 1.82) is 0 Å². The third-order valence-electron chi connectivity index (χ3n) is 4.46. The number of rotatable bonds is 6. The number of nitrogens with zero attached hydrogens (tertiary/aromatic N) is 3. The highest BCUT2D eigenvalue weighted by molar-refractivity contribution is 6.31. The molecule has 28 heavy (non-hydrogen) atoms. The summed E-state index contributed by atoms with van der Waals surface area (Å²) in [7, 11) is 1.48. The molecule has 148 valence electrons. The first-order chi connectivity index (χ1) is 13.3. The zero-order valence-electron chi connectivity index (χ0n) is 15.4. The molecular weight excluding hydrogens is 392 g/mol. The molecular formula is C19H18ClF2N3O3. The van der Waals surface area contributed by atoms with Crippen molar-refractivity contribution in [3.8, 4) is 28.3 Å². The number of methoxy groups -OCH3 is 1. The molecule has 0 amide bonds. The second-order valence-electron chi connectivity index (χ2n) is 6.19. The van der Waals surface area contributed by atoms with Crippen LogP contribution in [-0.4, -0.2) is 21.9 Å². The van der Waals surface area contributed by atoms with Crippen molar-refractivity contribution in [2.24, 2.45) is 0 Å². The van der Waals surface area contributed by atoms with Gasteiger partial charge in [0.15, 0.2) is 0 Å². The van der Waals surface area contributed by atoms with E-state index in [2.05, 4.69) is 10.2 Å². The van der Waals surface area contributed by atoms with E-state index in [0.29, 0.717) is 27.5 Å². The van der Waals surface area contributed by atoms with E-state index in [9.17, 15) is 13.6 Å². The molecule has 1 unspecified atom stereocenters. The summed E-state index contributed by atoms with van der Waals surface area (Å²) in [5, 5.41) is 7.45. The first-order valence-corrected chi connectivity index (χ1v) is 8.95. The maximum Gasteiger partial charge on any atom is 0.314 e. The molecule has 0 saturated carbocycles. The van der Waals surface area contributed by atoms with Gasteiger partial charge >= 0.3 is 6.43 Å². The molecule has 0 fully saturated rings. The first kappa shape index (κ1) is 20.0. The van der Waals surface area contributed by atoms with E-state index in [1.165, 1.54) is 13.2 Å². The van der Waals surface area contributed by atoms with E-state index in [-0.39, 0.29) is 17.5 Å². The summed E-state index contributed by atoms with van der Waals surface area (Å²) in [5.41, 5.74) is 1.04. The number of ether oxygens (including phenoxy) is 1. The second-order valence-corrected chi connectivity index (χ2v) is 6.63. The van der Waals surface area contributed by atoms with Crippen LogP contribution in [0.4, 0.5) is 8.78 Å². The summed E-state index contributed by atoms with van der Waals surface area (Å²) in [6, 6.07) is 6.14. The molecule has 2 heterocycles. The van der Waals surface area contributed by atoms with Crippen molar-refractivity contribution in [1.82, 2.24) is 14.8 Å². The molecule has 3 rings (SSSR count). The highest BCUT2D eigenvalue weighted by Gasteiger charge is 2.22. The van der Waals surface area contributed by atoms with E-state index in [1.807, 2.05) is 13.8 Å². The first-order valence-electron chi connectivity index (χ1n) is 8.57. The average molecular weight is 410 g/mol. The van der Waals surface area contributed by atoms with Crippen LogP contribution in [0.2, 0.25) is 5.02 Å². The van der Waals surface area contributed by atoms with Crippen LogP contribution in [0, 0.1) is 0 Å². The van der Waals surface area contributed by atoms with Crippen LogP contribution in [0.15, 0.2) is 39.7 Å². The second kappa shape index (κ2) is 8.10. The maximum atomic E-state index is 12.8. The lowest BCUT2D eigenvalue weighted by atomic mass is 9.99. The molecule has 0 spiro atoms. The van der Waals surface area contributed by atoms with Crippen molar-refractivity contribution in [3.63, 3.8) is 0 Å². The van der Waals surface area contributed by atoms with Gasteiger partial charge in [0.05, 0.1) is 13.3 Å². The Balaban J connectivity index is 2.22. The molecule has 3 aromatic rings. The lowest BCUT2D eigenvalue weighted by Crippen LogP contribution is -2.22. The number of alkyl halides is 2. The Morgan fingerprint density at radius 2 is 1.96 bits per heavy atom. The van der Waals surface area contributed by atoms with Crippen molar-refractivity contribution in [2.45, 2.75) is 32.7 Å². The molecule has 0 N–H and O–H groups in total. The van der Waals surface area contributed by atoms with E-state index in [1.54, 1.807) is 29.0 Å². The summed E-state index contributed by atoms with van der Waals surface area (Å²) in [5.74, 6) is -0.456. The van der Waals surface area contributed by atoms with Gasteiger partial charge in [0.25, 0.3) is 11.4 Å². The van der Waals surface area contributed by atoms with Crippen molar-refractivity contribution < 1.29 is 17.9 Å². The summed E-state index contributed by atoms with van der Waals surface area (Å²) in [6.45, 7) is 3.90. The van der Waals surface area contributed by atoms with Gasteiger partial charge in [-0.1, -0.05) is 18.5 Å².